The normalized spacial score (nSPS) is 25.9. The van der Waals surface area contributed by atoms with E-state index in [4.69, 9.17) is 4.74 Å². The Bertz CT molecular complexity index is 326. The van der Waals surface area contributed by atoms with E-state index >= 15 is 0 Å². The summed E-state index contributed by atoms with van der Waals surface area (Å²) in [6, 6.07) is 0. The molecule has 2 aliphatic rings. The summed E-state index contributed by atoms with van der Waals surface area (Å²) in [5.74, 6) is 1.39. The average molecular weight is 239 g/mol. The Balaban J connectivity index is 1.75. The van der Waals surface area contributed by atoms with Crippen LogP contribution in [-0.2, 0) is 9.53 Å². The second kappa shape index (κ2) is 4.31. The molecule has 4 nitrogen and oxygen atoms in total. The molecule has 1 saturated heterocycles. The summed E-state index contributed by atoms with van der Waals surface area (Å²) in [6.07, 6.45) is 2.23. The monoisotopic (exact) mass is 239 g/mol. The number of carbonyl (C=O) groups excluding carboxylic acids is 2. The smallest absolute Gasteiger partial charge is 0.410 e. The van der Waals surface area contributed by atoms with Gasteiger partial charge in [-0.25, -0.2) is 4.79 Å². The molecule has 1 amide bonds. The topological polar surface area (TPSA) is 46.6 Å². The third-order valence-electron chi connectivity index (χ3n) is 3.51. The molecule has 0 aromatic heterocycles. The third kappa shape index (κ3) is 2.99. The van der Waals surface area contributed by atoms with E-state index in [0.717, 1.165) is 25.9 Å². The van der Waals surface area contributed by atoms with E-state index in [0.29, 0.717) is 24.0 Å². The standard InChI is InChI=1S/C13H21NO3/c1-13(2,3)17-12(16)14-7-10(8-14)9-4-5-11(15)6-9/h9-10H,4-8H2,1-3H3. The fourth-order valence-corrected chi connectivity index (χ4v) is 2.53. The Kier molecular flexibility index (Phi) is 3.15. The second-order valence-corrected chi connectivity index (χ2v) is 6.19. The van der Waals surface area contributed by atoms with Gasteiger partial charge in [0, 0.05) is 25.9 Å². The molecule has 96 valence electrons. The minimum Gasteiger partial charge on any atom is -0.444 e. The average Bonchev–Trinajstić information content (AvgIpc) is 2.45. The Labute approximate surface area is 102 Å². The lowest BCUT2D eigenvalue weighted by Crippen LogP contribution is -2.53. The summed E-state index contributed by atoms with van der Waals surface area (Å²) in [6.45, 7) is 7.13. The number of hydrogen-bond acceptors (Lipinski definition) is 3. The maximum absolute atomic E-state index is 11.7. The van der Waals surface area contributed by atoms with Gasteiger partial charge in [0.05, 0.1) is 0 Å². The quantitative estimate of drug-likeness (QED) is 0.705. The number of rotatable bonds is 1. The van der Waals surface area contributed by atoms with E-state index in [9.17, 15) is 9.59 Å². The van der Waals surface area contributed by atoms with Crippen LogP contribution in [0.15, 0.2) is 0 Å². The number of nitrogens with zero attached hydrogens (tertiary/aromatic N) is 1. The molecule has 1 aliphatic carbocycles. The van der Waals surface area contributed by atoms with Crippen molar-refractivity contribution in [1.29, 1.82) is 0 Å². The van der Waals surface area contributed by atoms with Crippen molar-refractivity contribution in [3.05, 3.63) is 0 Å². The first-order chi connectivity index (χ1) is 7.85. The fourth-order valence-electron chi connectivity index (χ4n) is 2.53. The summed E-state index contributed by atoms with van der Waals surface area (Å²) in [7, 11) is 0. The van der Waals surface area contributed by atoms with Crippen molar-refractivity contribution in [3.8, 4) is 0 Å². The zero-order valence-electron chi connectivity index (χ0n) is 10.9. The molecule has 0 N–H and O–H groups in total. The largest absolute Gasteiger partial charge is 0.444 e. The molecule has 4 heteroatoms. The van der Waals surface area contributed by atoms with Crippen molar-refractivity contribution in [2.45, 2.75) is 45.6 Å². The van der Waals surface area contributed by atoms with E-state index in [2.05, 4.69) is 0 Å². The van der Waals surface area contributed by atoms with Crippen molar-refractivity contribution in [3.63, 3.8) is 0 Å². The third-order valence-corrected chi connectivity index (χ3v) is 3.51. The molecular formula is C13H21NO3. The highest BCUT2D eigenvalue weighted by molar-refractivity contribution is 5.80. The SMILES string of the molecule is CC(C)(C)OC(=O)N1CC(C2CCC(=O)C2)C1. The highest BCUT2D eigenvalue weighted by Gasteiger charge is 2.40. The van der Waals surface area contributed by atoms with Gasteiger partial charge >= 0.3 is 6.09 Å². The minimum absolute atomic E-state index is 0.224. The van der Waals surface area contributed by atoms with Crippen LogP contribution in [0.2, 0.25) is 0 Å². The molecule has 1 heterocycles. The number of hydrogen-bond donors (Lipinski definition) is 0. The van der Waals surface area contributed by atoms with Crippen LogP contribution in [0.4, 0.5) is 4.79 Å². The first-order valence-electron chi connectivity index (χ1n) is 6.35. The number of Topliss-reactive ketones (excluding diaryl/α,β-unsaturated/α-hetero) is 1. The number of amides is 1. The van der Waals surface area contributed by atoms with Gasteiger partial charge in [0.2, 0.25) is 0 Å². The van der Waals surface area contributed by atoms with E-state index in [-0.39, 0.29) is 6.09 Å². The van der Waals surface area contributed by atoms with E-state index in [1.165, 1.54) is 0 Å². The van der Waals surface area contributed by atoms with Crippen LogP contribution < -0.4 is 0 Å². The first-order valence-corrected chi connectivity index (χ1v) is 6.35. The second-order valence-electron chi connectivity index (χ2n) is 6.19. The van der Waals surface area contributed by atoms with Gasteiger partial charge in [0.15, 0.2) is 0 Å². The van der Waals surface area contributed by atoms with Gasteiger partial charge in [-0.3, -0.25) is 4.79 Å². The lowest BCUT2D eigenvalue weighted by molar-refractivity contribution is -0.117. The fraction of sp³-hybridized carbons (Fsp3) is 0.846. The number of carbonyl (C=O) groups is 2. The number of ether oxygens (including phenoxy) is 1. The molecule has 1 unspecified atom stereocenters. The van der Waals surface area contributed by atoms with Crippen molar-refractivity contribution < 1.29 is 14.3 Å². The van der Waals surface area contributed by atoms with Gasteiger partial charge in [-0.15, -0.1) is 0 Å². The molecular weight excluding hydrogens is 218 g/mol. The predicted molar refractivity (Wildman–Crippen MR) is 63.6 cm³/mol. The zero-order valence-corrected chi connectivity index (χ0v) is 10.9. The van der Waals surface area contributed by atoms with E-state index in [1.54, 1.807) is 4.90 Å². The highest BCUT2D eigenvalue weighted by Crippen LogP contribution is 2.35. The molecule has 2 fully saturated rings. The van der Waals surface area contributed by atoms with Crippen molar-refractivity contribution >= 4 is 11.9 Å². The van der Waals surface area contributed by atoms with E-state index in [1.807, 2.05) is 20.8 Å². The van der Waals surface area contributed by atoms with Gasteiger partial charge in [0.25, 0.3) is 0 Å². The summed E-state index contributed by atoms with van der Waals surface area (Å²) in [5, 5.41) is 0. The van der Waals surface area contributed by atoms with Gasteiger partial charge in [-0.1, -0.05) is 0 Å². The molecule has 0 spiro atoms. The predicted octanol–water partition coefficient (Wildman–Crippen LogP) is 2.22. The Hall–Kier alpha value is -1.06. The molecule has 1 saturated carbocycles. The van der Waals surface area contributed by atoms with Crippen LogP contribution in [0.1, 0.15) is 40.0 Å². The molecule has 0 radical (unpaired) electrons. The molecule has 0 bridgehead atoms. The van der Waals surface area contributed by atoms with Gasteiger partial charge < -0.3 is 9.64 Å². The van der Waals surface area contributed by atoms with Gasteiger partial charge in [-0.05, 0) is 39.0 Å². The Morgan fingerprint density at radius 2 is 1.94 bits per heavy atom. The summed E-state index contributed by atoms with van der Waals surface area (Å²) in [5.41, 5.74) is -0.425. The molecule has 0 aromatic rings. The van der Waals surface area contributed by atoms with Crippen molar-refractivity contribution in [1.82, 2.24) is 4.90 Å². The summed E-state index contributed by atoms with van der Waals surface area (Å²) in [4.78, 5) is 24.6. The molecule has 2 rings (SSSR count). The molecule has 1 atom stereocenters. The summed E-state index contributed by atoms with van der Waals surface area (Å²) < 4.78 is 5.29. The van der Waals surface area contributed by atoms with Crippen molar-refractivity contribution in [2.75, 3.05) is 13.1 Å². The first kappa shape index (κ1) is 12.4. The molecule has 17 heavy (non-hydrogen) atoms. The minimum atomic E-state index is -0.425. The van der Waals surface area contributed by atoms with Gasteiger partial charge in [-0.2, -0.15) is 0 Å². The van der Waals surface area contributed by atoms with Crippen LogP contribution in [0.25, 0.3) is 0 Å². The van der Waals surface area contributed by atoms with Gasteiger partial charge in [0.1, 0.15) is 11.4 Å². The lowest BCUT2D eigenvalue weighted by atomic mass is 9.85. The number of likely N-dealkylation sites (tertiary alicyclic amines) is 1. The maximum atomic E-state index is 11.7. The maximum Gasteiger partial charge on any atom is 0.410 e. The van der Waals surface area contributed by atoms with Crippen LogP contribution in [-0.4, -0.2) is 35.5 Å². The highest BCUT2D eigenvalue weighted by atomic mass is 16.6. The summed E-state index contributed by atoms with van der Waals surface area (Å²) >= 11 is 0. The Morgan fingerprint density at radius 3 is 2.41 bits per heavy atom. The zero-order chi connectivity index (χ0) is 12.6. The number of ketones is 1. The van der Waals surface area contributed by atoms with Crippen LogP contribution in [0, 0.1) is 11.8 Å². The van der Waals surface area contributed by atoms with Crippen molar-refractivity contribution in [2.24, 2.45) is 11.8 Å². The molecule has 0 aromatic carbocycles. The lowest BCUT2D eigenvalue weighted by Gasteiger charge is -2.42. The molecule has 1 aliphatic heterocycles. The van der Waals surface area contributed by atoms with Crippen LogP contribution >= 0.6 is 0 Å². The Morgan fingerprint density at radius 1 is 1.29 bits per heavy atom. The van der Waals surface area contributed by atoms with E-state index < -0.39 is 5.60 Å². The van der Waals surface area contributed by atoms with Crippen LogP contribution in [0.3, 0.4) is 0 Å². The van der Waals surface area contributed by atoms with Crippen LogP contribution in [0.5, 0.6) is 0 Å².